The molecule has 0 fully saturated rings. The maximum atomic E-state index is 5.68. The molecule has 0 radical (unpaired) electrons. The van der Waals surface area contributed by atoms with Gasteiger partial charge in [-0.1, -0.05) is 36.8 Å². The highest BCUT2D eigenvalue weighted by Gasteiger charge is 2.14. The summed E-state index contributed by atoms with van der Waals surface area (Å²) >= 11 is 0. The van der Waals surface area contributed by atoms with Gasteiger partial charge in [0.15, 0.2) is 0 Å². The van der Waals surface area contributed by atoms with E-state index >= 15 is 0 Å². The minimum Gasteiger partial charge on any atom is -0.272 e. The Bertz CT molecular complexity index is 504. The summed E-state index contributed by atoms with van der Waals surface area (Å²) in [7, 11) is 0. The highest BCUT2D eigenvalue weighted by molar-refractivity contribution is 5.31. The summed E-state index contributed by atoms with van der Waals surface area (Å²) in [5.41, 5.74) is 6.35. The van der Waals surface area contributed by atoms with Gasteiger partial charge in [0.1, 0.15) is 0 Å². The number of aromatic nitrogens is 2. The standard InChI is InChI=1S/C14H20N4/c1-3-7-18-10-13(9-16-18)14(17-15)12-6-4-5-11(2)8-12/h4-6,8-10,14,17H,3,7,15H2,1-2H3. The number of nitrogens with one attached hydrogen (secondary N) is 1. The van der Waals surface area contributed by atoms with Crippen LogP contribution in [0.15, 0.2) is 36.7 Å². The smallest absolute Gasteiger partial charge is 0.0740 e. The molecule has 1 aromatic carbocycles. The summed E-state index contributed by atoms with van der Waals surface area (Å²) in [4.78, 5) is 0. The van der Waals surface area contributed by atoms with Crippen LogP contribution in [0.3, 0.4) is 0 Å². The van der Waals surface area contributed by atoms with Crippen molar-refractivity contribution in [2.45, 2.75) is 32.9 Å². The van der Waals surface area contributed by atoms with Crippen molar-refractivity contribution in [3.63, 3.8) is 0 Å². The number of nitrogens with two attached hydrogens (primary N) is 1. The molecule has 2 rings (SSSR count). The largest absolute Gasteiger partial charge is 0.272 e. The SMILES string of the molecule is CCCn1cc(C(NN)c2cccc(C)c2)cn1. The van der Waals surface area contributed by atoms with Crippen molar-refractivity contribution < 1.29 is 0 Å². The Kier molecular flexibility index (Phi) is 4.12. The van der Waals surface area contributed by atoms with Gasteiger partial charge >= 0.3 is 0 Å². The van der Waals surface area contributed by atoms with Crippen molar-refractivity contribution in [2.75, 3.05) is 0 Å². The van der Waals surface area contributed by atoms with E-state index in [1.54, 1.807) is 0 Å². The Hall–Kier alpha value is -1.65. The van der Waals surface area contributed by atoms with Gasteiger partial charge < -0.3 is 0 Å². The zero-order valence-corrected chi connectivity index (χ0v) is 10.9. The van der Waals surface area contributed by atoms with Crippen LogP contribution in [-0.2, 0) is 6.54 Å². The van der Waals surface area contributed by atoms with Gasteiger partial charge in [0.2, 0.25) is 0 Å². The first-order valence-corrected chi connectivity index (χ1v) is 6.29. The molecule has 0 aliphatic rings. The topological polar surface area (TPSA) is 55.9 Å². The molecule has 3 N–H and O–H groups in total. The Labute approximate surface area is 108 Å². The minimum absolute atomic E-state index is 0.00416. The average Bonchev–Trinajstić information content (AvgIpc) is 2.79. The number of hydrogen-bond donors (Lipinski definition) is 2. The Balaban J connectivity index is 2.27. The molecule has 0 saturated carbocycles. The molecule has 0 bridgehead atoms. The van der Waals surface area contributed by atoms with Gasteiger partial charge in [-0.2, -0.15) is 5.10 Å². The molecule has 0 spiro atoms. The first-order valence-electron chi connectivity index (χ1n) is 6.29. The van der Waals surface area contributed by atoms with Crippen LogP contribution in [0, 0.1) is 6.92 Å². The minimum atomic E-state index is -0.00416. The molecule has 4 heteroatoms. The van der Waals surface area contributed by atoms with E-state index in [0.29, 0.717) is 0 Å². The van der Waals surface area contributed by atoms with E-state index in [9.17, 15) is 0 Å². The monoisotopic (exact) mass is 244 g/mol. The first kappa shape index (κ1) is 12.8. The maximum absolute atomic E-state index is 5.68. The van der Waals surface area contributed by atoms with Crippen molar-refractivity contribution in [3.05, 3.63) is 53.3 Å². The summed E-state index contributed by atoms with van der Waals surface area (Å²) in [6.07, 6.45) is 5.01. The Morgan fingerprint density at radius 3 is 2.89 bits per heavy atom. The van der Waals surface area contributed by atoms with Crippen LogP contribution in [0.1, 0.15) is 36.1 Å². The predicted octanol–water partition coefficient (Wildman–Crippen LogP) is 2.15. The number of benzene rings is 1. The predicted molar refractivity (Wildman–Crippen MR) is 72.9 cm³/mol. The van der Waals surface area contributed by atoms with Crippen LogP contribution < -0.4 is 11.3 Å². The zero-order chi connectivity index (χ0) is 13.0. The fourth-order valence-electron chi connectivity index (χ4n) is 2.11. The third-order valence-corrected chi connectivity index (χ3v) is 2.98. The van der Waals surface area contributed by atoms with Gasteiger partial charge in [0, 0.05) is 18.3 Å². The number of rotatable bonds is 5. The number of aryl methyl sites for hydroxylation is 2. The molecule has 4 nitrogen and oxygen atoms in total. The summed E-state index contributed by atoms with van der Waals surface area (Å²) < 4.78 is 1.95. The second-order valence-corrected chi connectivity index (χ2v) is 4.55. The zero-order valence-electron chi connectivity index (χ0n) is 10.9. The molecule has 0 aliphatic carbocycles. The fraction of sp³-hybridized carbons (Fsp3) is 0.357. The molecule has 96 valence electrons. The van der Waals surface area contributed by atoms with E-state index in [4.69, 9.17) is 5.84 Å². The maximum Gasteiger partial charge on any atom is 0.0740 e. The van der Waals surface area contributed by atoms with Crippen molar-refractivity contribution >= 4 is 0 Å². The molecule has 0 amide bonds. The molecular formula is C14H20N4. The fourth-order valence-corrected chi connectivity index (χ4v) is 2.11. The van der Waals surface area contributed by atoms with Crippen LogP contribution in [0.2, 0.25) is 0 Å². The van der Waals surface area contributed by atoms with Crippen molar-refractivity contribution in [1.29, 1.82) is 0 Å². The quantitative estimate of drug-likeness (QED) is 0.626. The van der Waals surface area contributed by atoms with Gasteiger partial charge in [-0.25, -0.2) is 5.43 Å². The lowest BCUT2D eigenvalue weighted by atomic mass is 10.0. The van der Waals surface area contributed by atoms with Crippen LogP contribution in [0.4, 0.5) is 0 Å². The second kappa shape index (κ2) is 5.80. The van der Waals surface area contributed by atoms with Gasteiger partial charge in [-0.05, 0) is 18.9 Å². The normalized spacial score (nSPS) is 12.6. The van der Waals surface area contributed by atoms with E-state index in [1.807, 2.05) is 16.9 Å². The average molecular weight is 244 g/mol. The van der Waals surface area contributed by atoms with Gasteiger partial charge in [0.05, 0.1) is 12.2 Å². The molecule has 2 aromatic rings. The van der Waals surface area contributed by atoms with Crippen molar-refractivity contribution in [1.82, 2.24) is 15.2 Å². The second-order valence-electron chi connectivity index (χ2n) is 4.55. The number of hydrazine groups is 1. The van der Waals surface area contributed by atoms with Gasteiger partial charge in [-0.15, -0.1) is 0 Å². The Morgan fingerprint density at radius 1 is 1.39 bits per heavy atom. The molecule has 1 atom stereocenters. The summed E-state index contributed by atoms with van der Waals surface area (Å²) in [6.45, 7) is 5.16. The number of nitrogens with zero attached hydrogens (tertiary/aromatic N) is 2. The molecule has 18 heavy (non-hydrogen) atoms. The lowest BCUT2D eigenvalue weighted by molar-refractivity contribution is 0.598. The highest BCUT2D eigenvalue weighted by Crippen LogP contribution is 2.21. The van der Waals surface area contributed by atoms with Crippen molar-refractivity contribution in [3.8, 4) is 0 Å². The summed E-state index contributed by atoms with van der Waals surface area (Å²) in [5, 5.41) is 4.34. The number of hydrogen-bond acceptors (Lipinski definition) is 3. The molecule has 1 unspecified atom stereocenters. The Morgan fingerprint density at radius 2 is 2.22 bits per heavy atom. The third-order valence-electron chi connectivity index (χ3n) is 2.98. The first-order chi connectivity index (χ1) is 8.74. The third kappa shape index (κ3) is 2.78. The molecule has 1 aromatic heterocycles. The van der Waals surface area contributed by atoms with Crippen LogP contribution in [0.5, 0.6) is 0 Å². The summed E-state index contributed by atoms with van der Waals surface area (Å²) in [6, 6.07) is 8.34. The lowest BCUT2D eigenvalue weighted by Gasteiger charge is -2.15. The molecular weight excluding hydrogens is 224 g/mol. The summed E-state index contributed by atoms with van der Waals surface area (Å²) in [5.74, 6) is 5.68. The van der Waals surface area contributed by atoms with E-state index in [1.165, 1.54) is 5.56 Å². The molecule has 0 aliphatic heterocycles. The van der Waals surface area contributed by atoms with E-state index in [2.05, 4.69) is 48.8 Å². The van der Waals surface area contributed by atoms with Gasteiger partial charge in [-0.3, -0.25) is 10.5 Å². The van der Waals surface area contributed by atoms with Crippen LogP contribution in [-0.4, -0.2) is 9.78 Å². The van der Waals surface area contributed by atoms with Crippen molar-refractivity contribution in [2.24, 2.45) is 5.84 Å². The van der Waals surface area contributed by atoms with E-state index < -0.39 is 0 Å². The highest BCUT2D eigenvalue weighted by atomic mass is 15.3. The van der Waals surface area contributed by atoms with E-state index in [-0.39, 0.29) is 6.04 Å². The van der Waals surface area contributed by atoms with E-state index in [0.717, 1.165) is 24.1 Å². The van der Waals surface area contributed by atoms with Crippen LogP contribution >= 0.6 is 0 Å². The lowest BCUT2D eigenvalue weighted by Crippen LogP contribution is -2.28. The molecule has 0 saturated heterocycles. The van der Waals surface area contributed by atoms with Crippen LogP contribution in [0.25, 0.3) is 0 Å². The van der Waals surface area contributed by atoms with Gasteiger partial charge in [0.25, 0.3) is 0 Å². The molecule has 1 heterocycles.